The average molecular weight is 330 g/mol. The highest BCUT2D eigenvalue weighted by Crippen LogP contribution is 2.28. The van der Waals surface area contributed by atoms with Crippen LogP contribution in [0.1, 0.15) is 30.5 Å². The van der Waals surface area contributed by atoms with Gasteiger partial charge in [-0.15, -0.1) is 0 Å². The predicted molar refractivity (Wildman–Crippen MR) is 83.0 cm³/mol. The van der Waals surface area contributed by atoms with E-state index in [9.17, 15) is 8.78 Å². The summed E-state index contributed by atoms with van der Waals surface area (Å²) in [4.78, 5) is 0. The number of hydrogen-bond donors (Lipinski definition) is 1. The molecule has 1 unspecified atom stereocenters. The Bertz CT molecular complexity index is 632. The van der Waals surface area contributed by atoms with Gasteiger partial charge in [0.2, 0.25) is 0 Å². The number of halogens is 4. The minimum atomic E-state index is -0.521. The minimum absolute atomic E-state index is 0.0459. The van der Waals surface area contributed by atoms with E-state index in [0.29, 0.717) is 22.7 Å². The van der Waals surface area contributed by atoms with Crippen LogP contribution in [0.5, 0.6) is 0 Å². The molecular weight excluding hydrogens is 315 g/mol. The van der Waals surface area contributed by atoms with Gasteiger partial charge in [0.15, 0.2) is 0 Å². The second kappa shape index (κ2) is 7.21. The van der Waals surface area contributed by atoms with Gasteiger partial charge in [-0.05, 0) is 42.8 Å². The van der Waals surface area contributed by atoms with Crippen molar-refractivity contribution in [3.63, 3.8) is 0 Å². The third kappa shape index (κ3) is 3.94. The lowest BCUT2D eigenvalue weighted by molar-refractivity contribution is 0.543. The maximum atomic E-state index is 14.1. The average Bonchev–Trinajstić information content (AvgIpc) is 2.44. The third-order valence-electron chi connectivity index (χ3n) is 3.15. The number of rotatable bonds is 5. The van der Waals surface area contributed by atoms with E-state index < -0.39 is 17.7 Å². The molecule has 1 atom stereocenters. The van der Waals surface area contributed by atoms with Gasteiger partial charge in [-0.1, -0.05) is 42.3 Å². The molecule has 112 valence electrons. The van der Waals surface area contributed by atoms with Gasteiger partial charge in [-0.25, -0.2) is 8.78 Å². The van der Waals surface area contributed by atoms with Gasteiger partial charge in [0.25, 0.3) is 0 Å². The van der Waals surface area contributed by atoms with Crippen LogP contribution in [0, 0.1) is 11.6 Å². The maximum Gasteiger partial charge on any atom is 0.142 e. The highest BCUT2D eigenvalue weighted by molar-refractivity contribution is 6.31. The molecule has 1 N–H and O–H groups in total. The van der Waals surface area contributed by atoms with Crippen molar-refractivity contribution in [2.24, 2.45) is 0 Å². The van der Waals surface area contributed by atoms with Crippen LogP contribution in [-0.4, -0.2) is 6.54 Å². The first-order valence-electron chi connectivity index (χ1n) is 6.66. The highest BCUT2D eigenvalue weighted by atomic mass is 35.5. The van der Waals surface area contributed by atoms with Gasteiger partial charge in [-0.2, -0.15) is 0 Å². The SMILES string of the molecule is CCCNC(c1ccc(Cl)c(F)c1)c1ccc(Cl)cc1F. The molecule has 0 saturated carbocycles. The van der Waals surface area contributed by atoms with Gasteiger partial charge in [0.1, 0.15) is 11.6 Å². The van der Waals surface area contributed by atoms with Crippen LogP contribution in [0.15, 0.2) is 36.4 Å². The Balaban J connectivity index is 2.44. The van der Waals surface area contributed by atoms with Crippen molar-refractivity contribution in [3.8, 4) is 0 Å². The molecule has 0 aromatic heterocycles. The molecule has 2 aromatic rings. The molecule has 0 heterocycles. The first-order chi connectivity index (χ1) is 10.0. The standard InChI is InChI=1S/C16H15Cl2F2N/c1-2-7-21-16(10-3-6-13(18)15(20)8-10)12-5-4-11(17)9-14(12)19/h3-6,8-9,16,21H,2,7H2,1H3. The molecule has 0 saturated heterocycles. The lowest BCUT2D eigenvalue weighted by Gasteiger charge is -2.20. The summed E-state index contributed by atoms with van der Waals surface area (Å²) in [7, 11) is 0. The molecule has 5 heteroatoms. The van der Waals surface area contributed by atoms with Crippen LogP contribution in [0.3, 0.4) is 0 Å². The van der Waals surface area contributed by atoms with Gasteiger partial charge in [0.05, 0.1) is 11.1 Å². The topological polar surface area (TPSA) is 12.0 Å². The Morgan fingerprint density at radius 3 is 2.43 bits per heavy atom. The fourth-order valence-corrected chi connectivity index (χ4v) is 2.40. The molecule has 2 aromatic carbocycles. The van der Waals surface area contributed by atoms with Crippen LogP contribution in [0.25, 0.3) is 0 Å². The van der Waals surface area contributed by atoms with E-state index in [2.05, 4.69) is 5.32 Å². The summed E-state index contributed by atoms with van der Waals surface area (Å²) in [6.07, 6.45) is 0.877. The van der Waals surface area contributed by atoms with E-state index in [1.165, 1.54) is 18.2 Å². The molecular formula is C16H15Cl2F2N. The van der Waals surface area contributed by atoms with E-state index in [0.717, 1.165) is 6.42 Å². The molecule has 0 amide bonds. The summed E-state index contributed by atoms with van der Waals surface area (Å²) in [5.74, 6) is -0.946. The van der Waals surface area contributed by atoms with Crippen molar-refractivity contribution in [2.75, 3.05) is 6.54 Å². The molecule has 0 aliphatic heterocycles. The molecule has 1 nitrogen and oxygen atoms in total. The first kappa shape index (κ1) is 16.2. The molecule has 0 bridgehead atoms. The van der Waals surface area contributed by atoms with Crippen molar-refractivity contribution in [2.45, 2.75) is 19.4 Å². The van der Waals surface area contributed by atoms with E-state index in [-0.39, 0.29) is 5.02 Å². The van der Waals surface area contributed by atoms with E-state index in [1.54, 1.807) is 18.2 Å². The van der Waals surface area contributed by atoms with Crippen molar-refractivity contribution < 1.29 is 8.78 Å². The Hall–Kier alpha value is -1.16. The van der Waals surface area contributed by atoms with Crippen molar-refractivity contribution in [1.82, 2.24) is 5.32 Å². The molecule has 0 fully saturated rings. The molecule has 0 aliphatic carbocycles. The van der Waals surface area contributed by atoms with E-state index >= 15 is 0 Å². The molecule has 0 radical (unpaired) electrons. The van der Waals surface area contributed by atoms with E-state index in [1.807, 2.05) is 6.92 Å². The summed E-state index contributed by atoms with van der Waals surface area (Å²) in [6.45, 7) is 2.68. The van der Waals surface area contributed by atoms with Crippen molar-refractivity contribution in [1.29, 1.82) is 0 Å². The first-order valence-corrected chi connectivity index (χ1v) is 7.41. The highest BCUT2D eigenvalue weighted by Gasteiger charge is 2.18. The Kier molecular flexibility index (Phi) is 5.57. The molecule has 2 rings (SSSR count). The fourth-order valence-electron chi connectivity index (χ4n) is 2.12. The Morgan fingerprint density at radius 2 is 1.81 bits per heavy atom. The lowest BCUT2D eigenvalue weighted by Crippen LogP contribution is -2.24. The zero-order valence-electron chi connectivity index (χ0n) is 11.5. The summed E-state index contributed by atoms with van der Waals surface area (Å²) < 4.78 is 27.8. The number of benzene rings is 2. The van der Waals surface area contributed by atoms with Crippen LogP contribution >= 0.6 is 23.2 Å². The second-order valence-corrected chi connectivity index (χ2v) is 5.57. The molecule has 21 heavy (non-hydrogen) atoms. The van der Waals surface area contributed by atoms with Gasteiger partial charge in [0, 0.05) is 10.6 Å². The van der Waals surface area contributed by atoms with Crippen molar-refractivity contribution >= 4 is 23.2 Å². The number of hydrogen-bond acceptors (Lipinski definition) is 1. The summed E-state index contributed by atoms with van der Waals surface area (Å²) >= 11 is 11.5. The quantitative estimate of drug-likeness (QED) is 0.778. The maximum absolute atomic E-state index is 14.1. The zero-order valence-corrected chi connectivity index (χ0v) is 13.0. The van der Waals surface area contributed by atoms with Crippen molar-refractivity contribution in [3.05, 3.63) is 69.2 Å². The Labute approximate surface area is 132 Å². The lowest BCUT2D eigenvalue weighted by atomic mass is 9.98. The molecule has 0 spiro atoms. The van der Waals surface area contributed by atoms with Crippen LogP contribution in [0.2, 0.25) is 10.0 Å². The summed E-state index contributed by atoms with van der Waals surface area (Å²) in [5.41, 5.74) is 1.04. The summed E-state index contributed by atoms with van der Waals surface area (Å²) in [6, 6.07) is 8.51. The van der Waals surface area contributed by atoms with Crippen LogP contribution in [-0.2, 0) is 0 Å². The third-order valence-corrected chi connectivity index (χ3v) is 3.69. The van der Waals surface area contributed by atoms with Crippen LogP contribution < -0.4 is 5.32 Å². The fraction of sp³-hybridized carbons (Fsp3) is 0.250. The largest absolute Gasteiger partial charge is 0.306 e. The van der Waals surface area contributed by atoms with E-state index in [4.69, 9.17) is 23.2 Å². The predicted octanol–water partition coefficient (Wildman–Crippen LogP) is 5.36. The van der Waals surface area contributed by atoms with Gasteiger partial charge >= 0.3 is 0 Å². The molecule has 0 aliphatic rings. The second-order valence-electron chi connectivity index (χ2n) is 4.73. The minimum Gasteiger partial charge on any atom is -0.306 e. The zero-order chi connectivity index (χ0) is 15.4. The normalized spacial score (nSPS) is 12.4. The van der Waals surface area contributed by atoms with Crippen LogP contribution in [0.4, 0.5) is 8.78 Å². The van der Waals surface area contributed by atoms with Gasteiger partial charge < -0.3 is 5.32 Å². The monoisotopic (exact) mass is 329 g/mol. The summed E-state index contributed by atoms with van der Waals surface area (Å²) in [5, 5.41) is 3.59. The Morgan fingerprint density at radius 1 is 1.05 bits per heavy atom. The smallest absolute Gasteiger partial charge is 0.142 e. The van der Waals surface area contributed by atoms with Gasteiger partial charge in [-0.3, -0.25) is 0 Å². The number of nitrogens with one attached hydrogen (secondary N) is 1.